The molecule has 2 saturated heterocycles. The summed E-state index contributed by atoms with van der Waals surface area (Å²) in [6, 6.07) is 0.781. The standard InChI is InChI=1S/C8H17N3/c9-8-6-11-4-2-1-3-7(11)5-10-8/h7-8,10H,1-6,9H2. The summed E-state index contributed by atoms with van der Waals surface area (Å²) in [5.41, 5.74) is 5.79. The molecule has 3 heteroatoms. The largest absolute Gasteiger partial charge is 0.315 e. The molecule has 0 aromatic rings. The highest BCUT2D eigenvalue weighted by atomic mass is 15.3. The maximum absolute atomic E-state index is 5.79. The van der Waals surface area contributed by atoms with Gasteiger partial charge >= 0.3 is 0 Å². The number of nitrogens with two attached hydrogens (primary N) is 1. The Kier molecular flexibility index (Phi) is 2.11. The molecule has 3 N–H and O–H groups in total. The van der Waals surface area contributed by atoms with Crippen LogP contribution < -0.4 is 11.1 Å². The molecule has 2 unspecified atom stereocenters. The van der Waals surface area contributed by atoms with Gasteiger partial charge in [-0.15, -0.1) is 0 Å². The molecule has 0 aromatic heterocycles. The third kappa shape index (κ3) is 1.55. The summed E-state index contributed by atoms with van der Waals surface area (Å²) in [5, 5.41) is 3.32. The molecule has 0 saturated carbocycles. The second-order valence-corrected chi connectivity index (χ2v) is 3.66. The van der Waals surface area contributed by atoms with Crippen LogP contribution in [0.25, 0.3) is 0 Å². The number of hydrogen-bond acceptors (Lipinski definition) is 3. The number of rotatable bonds is 0. The predicted molar refractivity (Wildman–Crippen MR) is 45.2 cm³/mol. The molecule has 2 aliphatic rings. The molecule has 0 radical (unpaired) electrons. The van der Waals surface area contributed by atoms with Gasteiger partial charge in [0.1, 0.15) is 0 Å². The molecule has 0 amide bonds. The molecule has 2 heterocycles. The van der Waals surface area contributed by atoms with Gasteiger partial charge in [0, 0.05) is 19.1 Å². The topological polar surface area (TPSA) is 41.3 Å². The molecule has 64 valence electrons. The lowest BCUT2D eigenvalue weighted by Crippen LogP contribution is -2.60. The van der Waals surface area contributed by atoms with Crippen LogP contribution in [0.3, 0.4) is 0 Å². The number of nitrogens with one attached hydrogen (secondary N) is 1. The van der Waals surface area contributed by atoms with Gasteiger partial charge in [-0.2, -0.15) is 0 Å². The fourth-order valence-corrected chi connectivity index (χ4v) is 2.14. The normalized spacial score (nSPS) is 40.1. The van der Waals surface area contributed by atoms with Crippen molar-refractivity contribution >= 4 is 0 Å². The minimum atomic E-state index is 0.212. The van der Waals surface area contributed by atoms with E-state index in [1.807, 2.05) is 0 Å². The first-order chi connectivity index (χ1) is 5.36. The summed E-state index contributed by atoms with van der Waals surface area (Å²) in [7, 11) is 0. The zero-order valence-electron chi connectivity index (χ0n) is 6.92. The quantitative estimate of drug-likeness (QED) is 0.506. The Bertz CT molecular complexity index is 137. The molecule has 3 nitrogen and oxygen atoms in total. The molecule has 11 heavy (non-hydrogen) atoms. The molecular formula is C8H17N3. The van der Waals surface area contributed by atoms with Gasteiger partial charge in [0.05, 0.1) is 6.17 Å². The van der Waals surface area contributed by atoms with Crippen molar-refractivity contribution in [1.29, 1.82) is 0 Å². The Morgan fingerprint density at radius 2 is 2.27 bits per heavy atom. The highest BCUT2D eigenvalue weighted by molar-refractivity contribution is 4.85. The Labute approximate surface area is 67.9 Å². The molecule has 0 aliphatic carbocycles. The first-order valence-corrected chi connectivity index (χ1v) is 4.59. The van der Waals surface area contributed by atoms with Gasteiger partial charge in [-0.25, -0.2) is 0 Å². The monoisotopic (exact) mass is 155 g/mol. The van der Waals surface area contributed by atoms with E-state index >= 15 is 0 Å². The average Bonchev–Trinajstić information content (AvgIpc) is 2.04. The van der Waals surface area contributed by atoms with E-state index in [9.17, 15) is 0 Å². The summed E-state index contributed by atoms with van der Waals surface area (Å²) < 4.78 is 0. The van der Waals surface area contributed by atoms with E-state index in [4.69, 9.17) is 5.73 Å². The van der Waals surface area contributed by atoms with Crippen molar-refractivity contribution in [3.8, 4) is 0 Å². The molecule has 2 aliphatic heterocycles. The highest BCUT2D eigenvalue weighted by Gasteiger charge is 2.27. The second-order valence-electron chi connectivity index (χ2n) is 3.66. The lowest BCUT2D eigenvalue weighted by Gasteiger charge is -2.42. The number of hydrogen-bond donors (Lipinski definition) is 2. The zero-order valence-corrected chi connectivity index (χ0v) is 6.92. The van der Waals surface area contributed by atoms with Crippen LogP contribution in [0, 0.1) is 0 Å². The van der Waals surface area contributed by atoms with Crippen molar-refractivity contribution in [3.05, 3.63) is 0 Å². The van der Waals surface area contributed by atoms with Crippen LogP contribution in [0.5, 0.6) is 0 Å². The Balaban J connectivity index is 1.93. The van der Waals surface area contributed by atoms with Crippen molar-refractivity contribution < 1.29 is 0 Å². The Hall–Kier alpha value is -0.120. The van der Waals surface area contributed by atoms with E-state index in [0.717, 1.165) is 19.1 Å². The van der Waals surface area contributed by atoms with Gasteiger partial charge in [0.25, 0.3) is 0 Å². The highest BCUT2D eigenvalue weighted by Crippen LogP contribution is 2.18. The Morgan fingerprint density at radius 1 is 1.36 bits per heavy atom. The molecular weight excluding hydrogens is 138 g/mol. The van der Waals surface area contributed by atoms with Crippen molar-refractivity contribution in [3.63, 3.8) is 0 Å². The van der Waals surface area contributed by atoms with Gasteiger partial charge in [-0.05, 0) is 19.4 Å². The third-order valence-corrected chi connectivity index (χ3v) is 2.80. The van der Waals surface area contributed by atoms with Gasteiger partial charge in [-0.3, -0.25) is 10.2 Å². The summed E-state index contributed by atoms with van der Waals surface area (Å²) in [6.45, 7) is 3.41. The minimum Gasteiger partial charge on any atom is -0.315 e. The van der Waals surface area contributed by atoms with Crippen molar-refractivity contribution in [2.45, 2.75) is 31.5 Å². The van der Waals surface area contributed by atoms with Crippen molar-refractivity contribution in [2.75, 3.05) is 19.6 Å². The van der Waals surface area contributed by atoms with E-state index in [1.54, 1.807) is 0 Å². The molecule has 2 atom stereocenters. The molecule has 2 fully saturated rings. The van der Waals surface area contributed by atoms with Gasteiger partial charge in [-0.1, -0.05) is 6.42 Å². The SMILES string of the molecule is NC1CN2CCCCC2CN1. The maximum Gasteiger partial charge on any atom is 0.0678 e. The van der Waals surface area contributed by atoms with Crippen LogP contribution >= 0.6 is 0 Å². The molecule has 0 bridgehead atoms. The van der Waals surface area contributed by atoms with Crippen LogP contribution in [0.4, 0.5) is 0 Å². The van der Waals surface area contributed by atoms with Gasteiger partial charge in [0.2, 0.25) is 0 Å². The van der Waals surface area contributed by atoms with Crippen molar-refractivity contribution in [2.24, 2.45) is 5.73 Å². The fourth-order valence-electron chi connectivity index (χ4n) is 2.14. The number of piperazine rings is 1. The zero-order chi connectivity index (χ0) is 7.68. The van der Waals surface area contributed by atoms with Gasteiger partial charge < -0.3 is 5.73 Å². The smallest absolute Gasteiger partial charge is 0.0678 e. The molecule has 0 spiro atoms. The second kappa shape index (κ2) is 3.09. The lowest BCUT2D eigenvalue weighted by atomic mass is 10.00. The van der Waals surface area contributed by atoms with E-state index < -0.39 is 0 Å². The molecule has 2 rings (SSSR count). The maximum atomic E-state index is 5.79. The van der Waals surface area contributed by atoms with E-state index in [2.05, 4.69) is 10.2 Å². The fraction of sp³-hybridized carbons (Fsp3) is 1.00. The average molecular weight is 155 g/mol. The van der Waals surface area contributed by atoms with Crippen LogP contribution in [0.1, 0.15) is 19.3 Å². The van der Waals surface area contributed by atoms with Crippen molar-refractivity contribution in [1.82, 2.24) is 10.2 Å². The summed E-state index contributed by atoms with van der Waals surface area (Å²) in [4.78, 5) is 2.53. The summed E-state index contributed by atoms with van der Waals surface area (Å²) in [6.07, 6.45) is 4.34. The van der Waals surface area contributed by atoms with Gasteiger partial charge in [0.15, 0.2) is 0 Å². The van der Waals surface area contributed by atoms with E-state index in [0.29, 0.717) is 0 Å². The predicted octanol–water partition coefficient (Wildman–Crippen LogP) is -0.271. The number of fused-ring (bicyclic) bond motifs is 1. The van der Waals surface area contributed by atoms with E-state index in [1.165, 1.54) is 25.8 Å². The van der Waals surface area contributed by atoms with E-state index in [-0.39, 0.29) is 6.17 Å². The molecule has 0 aromatic carbocycles. The van der Waals surface area contributed by atoms with Crippen LogP contribution in [0.2, 0.25) is 0 Å². The number of nitrogens with zero attached hydrogens (tertiary/aromatic N) is 1. The minimum absolute atomic E-state index is 0.212. The van der Waals surface area contributed by atoms with Crippen LogP contribution in [0.15, 0.2) is 0 Å². The lowest BCUT2D eigenvalue weighted by molar-refractivity contribution is 0.0967. The van der Waals surface area contributed by atoms with Crippen LogP contribution in [-0.2, 0) is 0 Å². The summed E-state index contributed by atoms with van der Waals surface area (Å²) >= 11 is 0. The first kappa shape index (κ1) is 7.53. The first-order valence-electron chi connectivity index (χ1n) is 4.59. The third-order valence-electron chi connectivity index (χ3n) is 2.80. The van der Waals surface area contributed by atoms with Crippen LogP contribution in [-0.4, -0.2) is 36.7 Å². The summed E-state index contributed by atoms with van der Waals surface area (Å²) in [5.74, 6) is 0. The Morgan fingerprint density at radius 3 is 3.18 bits per heavy atom. The number of piperidine rings is 1.